The van der Waals surface area contributed by atoms with Crippen LogP contribution < -0.4 is 5.32 Å². The van der Waals surface area contributed by atoms with Gasteiger partial charge >= 0.3 is 0 Å². The summed E-state index contributed by atoms with van der Waals surface area (Å²) in [6, 6.07) is 8.43. The van der Waals surface area contributed by atoms with Gasteiger partial charge in [0.15, 0.2) is 5.82 Å². The van der Waals surface area contributed by atoms with Crippen molar-refractivity contribution in [1.82, 2.24) is 20.1 Å². The van der Waals surface area contributed by atoms with Crippen LogP contribution in [-0.2, 0) is 13.6 Å². The largest absolute Gasteiger partial charge is 0.345 e. The molecule has 0 aliphatic heterocycles. The molecule has 0 unspecified atom stereocenters. The summed E-state index contributed by atoms with van der Waals surface area (Å²) in [5.41, 5.74) is 1.03. The van der Waals surface area contributed by atoms with E-state index in [2.05, 4.69) is 15.4 Å². The molecular weight excluding hydrogens is 230 g/mol. The van der Waals surface area contributed by atoms with E-state index in [0.29, 0.717) is 17.0 Å². The van der Waals surface area contributed by atoms with E-state index in [4.69, 9.17) is 5.26 Å². The number of rotatable bonds is 3. The molecule has 2 aromatic rings. The van der Waals surface area contributed by atoms with Gasteiger partial charge in [0.05, 0.1) is 18.2 Å². The fourth-order valence-electron chi connectivity index (χ4n) is 1.42. The molecule has 1 aromatic carbocycles. The molecule has 2 rings (SSSR count). The summed E-state index contributed by atoms with van der Waals surface area (Å²) in [7, 11) is 1.76. The fraction of sp³-hybridized carbons (Fsp3) is 0.167. The van der Waals surface area contributed by atoms with Crippen LogP contribution in [0.4, 0.5) is 0 Å². The van der Waals surface area contributed by atoms with Gasteiger partial charge in [-0.3, -0.25) is 9.48 Å². The number of nitrogens with zero attached hydrogens (tertiary/aromatic N) is 4. The zero-order valence-corrected chi connectivity index (χ0v) is 9.79. The van der Waals surface area contributed by atoms with E-state index in [-0.39, 0.29) is 12.5 Å². The number of hydrogen-bond acceptors (Lipinski definition) is 4. The SMILES string of the molecule is Cn1cnc(CNC(=O)c2ccc(C#N)cc2)n1. The highest BCUT2D eigenvalue weighted by atomic mass is 16.1. The Morgan fingerprint density at radius 1 is 1.44 bits per heavy atom. The van der Waals surface area contributed by atoms with Crippen molar-refractivity contribution < 1.29 is 4.79 Å². The maximum absolute atomic E-state index is 11.8. The van der Waals surface area contributed by atoms with Crippen LogP contribution in [0.15, 0.2) is 30.6 Å². The summed E-state index contributed by atoms with van der Waals surface area (Å²) in [6.45, 7) is 0.277. The number of aromatic nitrogens is 3. The molecule has 0 aliphatic carbocycles. The van der Waals surface area contributed by atoms with E-state index < -0.39 is 0 Å². The lowest BCUT2D eigenvalue weighted by atomic mass is 10.1. The first kappa shape index (κ1) is 11.8. The Morgan fingerprint density at radius 2 is 2.17 bits per heavy atom. The van der Waals surface area contributed by atoms with Crippen molar-refractivity contribution in [2.75, 3.05) is 0 Å². The molecule has 0 aliphatic rings. The smallest absolute Gasteiger partial charge is 0.251 e. The molecule has 1 heterocycles. The van der Waals surface area contributed by atoms with Gasteiger partial charge in [-0.25, -0.2) is 4.98 Å². The summed E-state index contributed by atoms with van der Waals surface area (Å²) >= 11 is 0. The lowest BCUT2D eigenvalue weighted by Gasteiger charge is -2.02. The highest BCUT2D eigenvalue weighted by Gasteiger charge is 2.06. The topological polar surface area (TPSA) is 83.6 Å². The van der Waals surface area contributed by atoms with Crippen LogP contribution >= 0.6 is 0 Å². The molecule has 0 bridgehead atoms. The van der Waals surface area contributed by atoms with Crippen LogP contribution in [0.3, 0.4) is 0 Å². The molecule has 6 nitrogen and oxygen atoms in total. The molecule has 1 amide bonds. The van der Waals surface area contributed by atoms with E-state index in [0.717, 1.165) is 0 Å². The molecule has 0 radical (unpaired) electrons. The minimum atomic E-state index is -0.216. The Kier molecular flexibility index (Phi) is 3.34. The normalized spacial score (nSPS) is 9.78. The fourth-order valence-corrected chi connectivity index (χ4v) is 1.42. The molecule has 0 saturated carbocycles. The van der Waals surface area contributed by atoms with Crippen molar-refractivity contribution in [2.45, 2.75) is 6.54 Å². The average Bonchev–Trinajstić information content (AvgIpc) is 2.82. The summed E-state index contributed by atoms with van der Waals surface area (Å²) in [5.74, 6) is 0.339. The molecular formula is C12H11N5O. The van der Waals surface area contributed by atoms with E-state index in [1.807, 2.05) is 6.07 Å². The van der Waals surface area contributed by atoms with Crippen LogP contribution in [0.5, 0.6) is 0 Å². The number of benzene rings is 1. The predicted octanol–water partition coefficient (Wildman–Crippen LogP) is 0.617. The second-order valence-corrected chi connectivity index (χ2v) is 3.71. The number of nitriles is 1. The van der Waals surface area contributed by atoms with Gasteiger partial charge in [0.25, 0.3) is 5.91 Å². The Morgan fingerprint density at radius 3 is 2.72 bits per heavy atom. The number of carbonyl (C=O) groups excluding carboxylic acids is 1. The minimum Gasteiger partial charge on any atom is -0.345 e. The molecule has 6 heteroatoms. The zero-order chi connectivity index (χ0) is 13.0. The van der Waals surface area contributed by atoms with E-state index in [1.165, 1.54) is 0 Å². The molecule has 1 aromatic heterocycles. The van der Waals surface area contributed by atoms with Gasteiger partial charge in [-0.2, -0.15) is 10.4 Å². The zero-order valence-electron chi connectivity index (χ0n) is 9.79. The second-order valence-electron chi connectivity index (χ2n) is 3.71. The van der Waals surface area contributed by atoms with Gasteiger partial charge in [0.1, 0.15) is 6.33 Å². The van der Waals surface area contributed by atoms with Gasteiger partial charge in [-0.15, -0.1) is 0 Å². The van der Waals surface area contributed by atoms with Crippen LogP contribution in [0, 0.1) is 11.3 Å². The first-order valence-corrected chi connectivity index (χ1v) is 5.32. The summed E-state index contributed by atoms with van der Waals surface area (Å²) in [4.78, 5) is 15.8. The predicted molar refractivity (Wildman–Crippen MR) is 63.3 cm³/mol. The Labute approximate surface area is 104 Å². The lowest BCUT2D eigenvalue weighted by Crippen LogP contribution is -2.23. The third-order valence-corrected chi connectivity index (χ3v) is 2.33. The molecule has 18 heavy (non-hydrogen) atoms. The number of hydrogen-bond donors (Lipinski definition) is 1. The highest BCUT2D eigenvalue weighted by molar-refractivity contribution is 5.94. The molecule has 0 atom stereocenters. The van der Waals surface area contributed by atoms with Gasteiger partial charge in [-0.05, 0) is 24.3 Å². The molecule has 1 N–H and O–H groups in total. The summed E-state index contributed by atoms with van der Waals surface area (Å²) in [6.07, 6.45) is 1.57. The Hall–Kier alpha value is -2.68. The third kappa shape index (κ3) is 2.71. The van der Waals surface area contributed by atoms with E-state index >= 15 is 0 Å². The molecule has 0 saturated heterocycles. The molecule has 0 fully saturated rings. The van der Waals surface area contributed by atoms with Crippen molar-refractivity contribution in [3.05, 3.63) is 47.5 Å². The van der Waals surface area contributed by atoms with Crippen molar-refractivity contribution in [3.63, 3.8) is 0 Å². The van der Waals surface area contributed by atoms with Crippen molar-refractivity contribution in [3.8, 4) is 6.07 Å². The average molecular weight is 241 g/mol. The Bertz CT molecular complexity index is 594. The minimum absolute atomic E-state index is 0.216. The monoisotopic (exact) mass is 241 g/mol. The van der Waals surface area contributed by atoms with Crippen molar-refractivity contribution in [1.29, 1.82) is 5.26 Å². The quantitative estimate of drug-likeness (QED) is 0.853. The summed E-state index contributed by atoms with van der Waals surface area (Å²) < 4.78 is 1.57. The van der Waals surface area contributed by atoms with E-state index in [9.17, 15) is 4.79 Å². The van der Waals surface area contributed by atoms with Gasteiger partial charge in [0.2, 0.25) is 0 Å². The van der Waals surface area contributed by atoms with Gasteiger partial charge in [-0.1, -0.05) is 0 Å². The van der Waals surface area contributed by atoms with E-state index in [1.54, 1.807) is 42.3 Å². The first-order valence-electron chi connectivity index (χ1n) is 5.32. The van der Waals surface area contributed by atoms with Gasteiger partial charge < -0.3 is 5.32 Å². The Balaban J connectivity index is 1.97. The molecule has 0 spiro atoms. The van der Waals surface area contributed by atoms with Crippen molar-refractivity contribution >= 4 is 5.91 Å². The lowest BCUT2D eigenvalue weighted by molar-refractivity contribution is 0.0950. The first-order chi connectivity index (χ1) is 8.69. The maximum atomic E-state index is 11.8. The summed E-state index contributed by atoms with van der Waals surface area (Å²) in [5, 5.41) is 15.4. The number of carbonyl (C=O) groups is 1. The van der Waals surface area contributed by atoms with Crippen LogP contribution in [0.25, 0.3) is 0 Å². The van der Waals surface area contributed by atoms with Gasteiger partial charge in [0, 0.05) is 12.6 Å². The highest BCUT2D eigenvalue weighted by Crippen LogP contribution is 2.03. The number of amides is 1. The number of aryl methyl sites for hydroxylation is 1. The van der Waals surface area contributed by atoms with Crippen LogP contribution in [0.2, 0.25) is 0 Å². The molecule has 90 valence electrons. The van der Waals surface area contributed by atoms with Crippen molar-refractivity contribution in [2.24, 2.45) is 7.05 Å². The third-order valence-electron chi connectivity index (χ3n) is 2.33. The number of nitrogens with one attached hydrogen (secondary N) is 1. The van der Waals surface area contributed by atoms with Crippen LogP contribution in [-0.4, -0.2) is 20.7 Å². The second kappa shape index (κ2) is 5.10. The van der Waals surface area contributed by atoms with Crippen LogP contribution in [0.1, 0.15) is 21.7 Å². The maximum Gasteiger partial charge on any atom is 0.251 e. The standard InChI is InChI=1S/C12H11N5O/c1-17-8-15-11(16-17)7-14-12(18)10-4-2-9(6-13)3-5-10/h2-5,8H,7H2,1H3,(H,14,18).